The maximum absolute atomic E-state index is 12.4. The normalized spacial score (nSPS) is 10.6. The summed E-state index contributed by atoms with van der Waals surface area (Å²) in [5.74, 6) is 5.74. The first-order chi connectivity index (χ1) is 14.8. The molecule has 2 heterocycles. The zero-order valence-corrected chi connectivity index (χ0v) is 17.9. The number of esters is 1. The average Bonchev–Trinajstić information content (AvgIpc) is 2.77. The van der Waals surface area contributed by atoms with Crippen LogP contribution in [0, 0.1) is 17.3 Å². The molecule has 0 spiro atoms. The van der Waals surface area contributed by atoms with E-state index in [4.69, 9.17) is 4.74 Å². The number of carbonyl (C=O) groups excluding carboxylic acids is 2. The van der Waals surface area contributed by atoms with Gasteiger partial charge < -0.3 is 10.1 Å². The molecule has 0 unspecified atom stereocenters. The van der Waals surface area contributed by atoms with E-state index in [1.165, 1.54) is 13.2 Å². The second-order valence-corrected chi connectivity index (χ2v) is 7.89. The van der Waals surface area contributed by atoms with Crippen LogP contribution in [0.25, 0.3) is 11.3 Å². The van der Waals surface area contributed by atoms with Gasteiger partial charge in [-0.25, -0.2) is 9.78 Å². The highest BCUT2D eigenvalue weighted by atomic mass is 16.5. The molecular weight excluding hydrogens is 390 g/mol. The van der Waals surface area contributed by atoms with E-state index >= 15 is 0 Å². The standard InChI is InChI=1S/C25H23N3O3/c1-25(2,3)24(30)28-22-15-20(23(29)31-4)14-21(27-22)19-11-9-17(10-12-19)7-8-18-6-5-13-26-16-18/h5-6,9-16H,1-4H3,(H,27,28,30). The van der Waals surface area contributed by atoms with Gasteiger partial charge in [0.2, 0.25) is 5.91 Å². The topological polar surface area (TPSA) is 81.2 Å². The number of ether oxygens (including phenoxy) is 1. The lowest BCUT2D eigenvalue weighted by atomic mass is 9.96. The fraction of sp³-hybridized carbons (Fsp3) is 0.200. The van der Waals surface area contributed by atoms with Gasteiger partial charge in [0, 0.05) is 34.5 Å². The molecule has 0 aliphatic rings. The Morgan fingerprint density at radius 1 is 1.00 bits per heavy atom. The quantitative estimate of drug-likeness (QED) is 0.511. The Bertz CT molecular complexity index is 1150. The Balaban J connectivity index is 1.92. The number of amides is 1. The van der Waals surface area contributed by atoms with Crippen LogP contribution in [0.15, 0.2) is 60.9 Å². The number of methoxy groups -OCH3 is 1. The molecule has 2 aromatic heterocycles. The van der Waals surface area contributed by atoms with E-state index < -0.39 is 11.4 Å². The summed E-state index contributed by atoms with van der Waals surface area (Å²) >= 11 is 0. The lowest BCUT2D eigenvalue weighted by molar-refractivity contribution is -0.123. The lowest BCUT2D eigenvalue weighted by Gasteiger charge is -2.18. The van der Waals surface area contributed by atoms with Crippen LogP contribution in [0.2, 0.25) is 0 Å². The fourth-order valence-electron chi connectivity index (χ4n) is 2.59. The van der Waals surface area contributed by atoms with Crippen LogP contribution in [0.5, 0.6) is 0 Å². The second kappa shape index (κ2) is 9.23. The largest absolute Gasteiger partial charge is 0.465 e. The highest BCUT2D eigenvalue weighted by Gasteiger charge is 2.22. The molecule has 31 heavy (non-hydrogen) atoms. The Labute approximate surface area is 181 Å². The van der Waals surface area contributed by atoms with Gasteiger partial charge >= 0.3 is 5.97 Å². The summed E-state index contributed by atoms with van der Waals surface area (Å²) in [4.78, 5) is 33.1. The van der Waals surface area contributed by atoms with E-state index in [0.717, 1.165) is 16.7 Å². The number of pyridine rings is 2. The molecule has 0 bridgehead atoms. The monoisotopic (exact) mass is 413 g/mol. The summed E-state index contributed by atoms with van der Waals surface area (Å²) in [6.07, 6.45) is 3.41. The van der Waals surface area contributed by atoms with E-state index in [0.29, 0.717) is 17.1 Å². The molecule has 6 heteroatoms. The summed E-state index contributed by atoms with van der Waals surface area (Å²) in [5.41, 5.74) is 2.69. The van der Waals surface area contributed by atoms with Gasteiger partial charge in [0.25, 0.3) is 0 Å². The van der Waals surface area contributed by atoms with Gasteiger partial charge in [0.15, 0.2) is 0 Å². The predicted molar refractivity (Wildman–Crippen MR) is 119 cm³/mol. The van der Waals surface area contributed by atoms with Crippen LogP contribution < -0.4 is 5.32 Å². The number of nitrogens with zero attached hydrogens (tertiary/aromatic N) is 2. The van der Waals surface area contributed by atoms with Crippen molar-refractivity contribution in [2.45, 2.75) is 20.8 Å². The van der Waals surface area contributed by atoms with Gasteiger partial charge in [0.1, 0.15) is 5.82 Å². The van der Waals surface area contributed by atoms with Crippen LogP contribution >= 0.6 is 0 Å². The summed E-state index contributed by atoms with van der Waals surface area (Å²) < 4.78 is 4.84. The van der Waals surface area contributed by atoms with Crippen molar-refractivity contribution in [1.29, 1.82) is 0 Å². The highest BCUT2D eigenvalue weighted by molar-refractivity contribution is 5.96. The van der Waals surface area contributed by atoms with Crippen molar-refractivity contribution in [3.8, 4) is 23.1 Å². The molecule has 1 N–H and O–H groups in total. The highest BCUT2D eigenvalue weighted by Crippen LogP contribution is 2.24. The third kappa shape index (κ3) is 5.77. The van der Waals surface area contributed by atoms with Gasteiger partial charge in [-0.3, -0.25) is 9.78 Å². The van der Waals surface area contributed by atoms with Gasteiger partial charge in [-0.2, -0.15) is 0 Å². The molecule has 1 amide bonds. The minimum Gasteiger partial charge on any atom is -0.465 e. The molecule has 3 rings (SSSR count). The Morgan fingerprint density at radius 2 is 1.71 bits per heavy atom. The van der Waals surface area contributed by atoms with Crippen LogP contribution in [-0.2, 0) is 9.53 Å². The van der Waals surface area contributed by atoms with Crippen molar-refractivity contribution >= 4 is 17.7 Å². The number of carbonyl (C=O) groups is 2. The molecule has 0 saturated carbocycles. The van der Waals surface area contributed by atoms with Crippen molar-refractivity contribution in [1.82, 2.24) is 9.97 Å². The SMILES string of the molecule is COC(=O)c1cc(NC(=O)C(C)(C)C)nc(-c2ccc(C#Cc3cccnc3)cc2)c1. The molecule has 6 nitrogen and oxygen atoms in total. The Hall–Kier alpha value is -3.98. The first-order valence-electron chi connectivity index (χ1n) is 9.70. The molecule has 0 saturated heterocycles. The van der Waals surface area contributed by atoms with Gasteiger partial charge in [-0.15, -0.1) is 0 Å². The van der Waals surface area contributed by atoms with Crippen molar-refractivity contribution in [3.63, 3.8) is 0 Å². The fourth-order valence-corrected chi connectivity index (χ4v) is 2.59. The number of hydrogen-bond acceptors (Lipinski definition) is 5. The van der Waals surface area contributed by atoms with Crippen molar-refractivity contribution < 1.29 is 14.3 Å². The molecule has 0 fully saturated rings. The summed E-state index contributed by atoms with van der Waals surface area (Å²) in [6, 6.07) is 14.4. The molecule has 3 aromatic rings. The van der Waals surface area contributed by atoms with Crippen molar-refractivity contribution in [2.75, 3.05) is 12.4 Å². The molecular formula is C25H23N3O3. The van der Waals surface area contributed by atoms with Gasteiger partial charge in [-0.05, 0) is 36.4 Å². The Kier molecular flexibility index (Phi) is 6.46. The average molecular weight is 413 g/mol. The third-order valence-electron chi connectivity index (χ3n) is 4.36. The van der Waals surface area contributed by atoms with Crippen LogP contribution in [0.4, 0.5) is 5.82 Å². The number of anilines is 1. The molecule has 0 aliphatic heterocycles. The van der Waals surface area contributed by atoms with Gasteiger partial charge in [-0.1, -0.05) is 44.7 Å². The number of rotatable bonds is 3. The van der Waals surface area contributed by atoms with Crippen LogP contribution in [0.1, 0.15) is 42.3 Å². The molecule has 0 atom stereocenters. The van der Waals surface area contributed by atoms with E-state index in [-0.39, 0.29) is 5.91 Å². The first kappa shape index (κ1) is 21.7. The van der Waals surface area contributed by atoms with Gasteiger partial charge in [0.05, 0.1) is 18.4 Å². The zero-order valence-electron chi connectivity index (χ0n) is 17.9. The second-order valence-electron chi connectivity index (χ2n) is 7.89. The minimum atomic E-state index is -0.599. The zero-order chi connectivity index (χ0) is 22.4. The summed E-state index contributed by atoms with van der Waals surface area (Å²) in [5, 5.41) is 2.78. The van der Waals surface area contributed by atoms with E-state index in [2.05, 4.69) is 27.1 Å². The number of aromatic nitrogens is 2. The Morgan fingerprint density at radius 3 is 2.32 bits per heavy atom. The van der Waals surface area contributed by atoms with E-state index in [1.54, 1.807) is 39.2 Å². The van der Waals surface area contributed by atoms with Crippen molar-refractivity contribution in [2.24, 2.45) is 5.41 Å². The summed E-state index contributed by atoms with van der Waals surface area (Å²) in [6.45, 7) is 5.41. The first-order valence-corrected chi connectivity index (χ1v) is 9.70. The third-order valence-corrected chi connectivity index (χ3v) is 4.36. The van der Waals surface area contributed by atoms with Crippen molar-refractivity contribution in [3.05, 3.63) is 77.6 Å². The van der Waals surface area contributed by atoms with E-state index in [9.17, 15) is 9.59 Å². The van der Waals surface area contributed by atoms with E-state index in [1.807, 2.05) is 36.4 Å². The maximum atomic E-state index is 12.4. The molecule has 156 valence electrons. The summed E-state index contributed by atoms with van der Waals surface area (Å²) in [7, 11) is 1.31. The predicted octanol–water partition coefficient (Wildman–Crippen LogP) is 4.31. The lowest BCUT2D eigenvalue weighted by Crippen LogP contribution is -2.28. The minimum absolute atomic E-state index is 0.200. The number of benzene rings is 1. The smallest absolute Gasteiger partial charge is 0.338 e. The molecule has 0 aliphatic carbocycles. The number of nitrogens with one attached hydrogen (secondary N) is 1. The maximum Gasteiger partial charge on any atom is 0.338 e. The van der Waals surface area contributed by atoms with Crippen LogP contribution in [-0.4, -0.2) is 29.0 Å². The molecule has 0 radical (unpaired) electrons. The van der Waals surface area contributed by atoms with Crippen LogP contribution in [0.3, 0.4) is 0 Å². The number of hydrogen-bond donors (Lipinski definition) is 1. The molecule has 1 aromatic carbocycles.